The fourth-order valence-corrected chi connectivity index (χ4v) is 2.72. The van der Waals surface area contributed by atoms with E-state index >= 15 is 0 Å². The van der Waals surface area contributed by atoms with Crippen LogP contribution in [0.2, 0.25) is 0 Å². The fourth-order valence-electron chi connectivity index (χ4n) is 2.72. The molecule has 0 spiro atoms. The topological polar surface area (TPSA) is 27.0 Å². The lowest BCUT2D eigenvalue weighted by atomic mass is 9.78. The Bertz CT molecular complexity index is 550. The summed E-state index contributed by atoms with van der Waals surface area (Å²) in [6.07, 6.45) is -1.32. The molecule has 0 unspecified atom stereocenters. The molecule has 0 saturated carbocycles. The molecule has 1 aliphatic heterocycles. The van der Waals surface area contributed by atoms with Crippen LogP contribution in [-0.4, -0.2) is 13.1 Å². The molecular formula is C16H19F3N2. The number of piperidine rings is 1. The van der Waals surface area contributed by atoms with E-state index in [1.54, 1.807) is 0 Å². The van der Waals surface area contributed by atoms with Crippen LogP contribution >= 0.6 is 0 Å². The average Bonchev–Trinajstić information content (AvgIpc) is 2.46. The normalized spacial score (nSPS) is 18.4. The minimum absolute atomic E-state index is 0.102. The maximum atomic E-state index is 12.7. The zero-order valence-corrected chi connectivity index (χ0v) is 12.3. The Morgan fingerprint density at radius 1 is 1.29 bits per heavy atom. The van der Waals surface area contributed by atoms with Crippen LogP contribution in [0.3, 0.4) is 0 Å². The molecule has 21 heavy (non-hydrogen) atoms. The SMILES string of the molecule is CCC1(C)CCN(c2ccc(C(F)(F)F)cc2C#N)CC1. The van der Waals surface area contributed by atoms with Gasteiger partial charge in [-0.1, -0.05) is 20.3 Å². The summed E-state index contributed by atoms with van der Waals surface area (Å²) in [5.41, 5.74) is 0.252. The van der Waals surface area contributed by atoms with Gasteiger partial charge in [-0.2, -0.15) is 18.4 Å². The lowest BCUT2D eigenvalue weighted by Gasteiger charge is -2.40. The van der Waals surface area contributed by atoms with Crippen LogP contribution in [0.1, 0.15) is 44.2 Å². The van der Waals surface area contributed by atoms with Crippen molar-refractivity contribution in [2.24, 2.45) is 5.41 Å². The minimum Gasteiger partial charge on any atom is -0.370 e. The molecule has 2 nitrogen and oxygen atoms in total. The Kier molecular flexibility index (Phi) is 4.18. The minimum atomic E-state index is -4.41. The molecule has 1 aromatic carbocycles. The Morgan fingerprint density at radius 3 is 2.38 bits per heavy atom. The number of anilines is 1. The second-order valence-electron chi connectivity index (χ2n) is 5.99. The monoisotopic (exact) mass is 296 g/mol. The third kappa shape index (κ3) is 3.31. The van der Waals surface area contributed by atoms with Gasteiger partial charge >= 0.3 is 6.18 Å². The van der Waals surface area contributed by atoms with Gasteiger partial charge < -0.3 is 4.90 Å². The van der Waals surface area contributed by atoms with Gasteiger partial charge in [-0.15, -0.1) is 0 Å². The van der Waals surface area contributed by atoms with Crippen molar-refractivity contribution in [1.82, 2.24) is 0 Å². The molecule has 2 rings (SSSR count). The van der Waals surface area contributed by atoms with Crippen molar-refractivity contribution in [2.45, 2.75) is 39.3 Å². The molecule has 1 aliphatic rings. The Morgan fingerprint density at radius 2 is 1.90 bits per heavy atom. The van der Waals surface area contributed by atoms with E-state index in [-0.39, 0.29) is 5.56 Å². The number of hydrogen-bond acceptors (Lipinski definition) is 2. The van der Waals surface area contributed by atoms with E-state index in [0.29, 0.717) is 11.1 Å². The van der Waals surface area contributed by atoms with Gasteiger partial charge in [0, 0.05) is 13.1 Å². The highest BCUT2D eigenvalue weighted by molar-refractivity contribution is 5.61. The summed E-state index contributed by atoms with van der Waals surface area (Å²) in [5.74, 6) is 0. The molecule has 0 atom stereocenters. The molecule has 1 fully saturated rings. The highest BCUT2D eigenvalue weighted by Crippen LogP contribution is 2.38. The lowest BCUT2D eigenvalue weighted by molar-refractivity contribution is -0.137. The van der Waals surface area contributed by atoms with Crippen molar-refractivity contribution < 1.29 is 13.2 Å². The second kappa shape index (κ2) is 5.59. The smallest absolute Gasteiger partial charge is 0.370 e. The number of alkyl halides is 3. The molecule has 114 valence electrons. The van der Waals surface area contributed by atoms with Gasteiger partial charge in [0.2, 0.25) is 0 Å². The molecule has 0 N–H and O–H groups in total. The fraction of sp³-hybridized carbons (Fsp3) is 0.562. The largest absolute Gasteiger partial charge is 0.416 e. The Labute approximate surface area is 123 Å². The quantitative estimate of drug-likeness (QED) is 0.798. The summed E-state index contributed by atoms with van der Waals surface area (Å²) in [5, 5.41) is 9.14. The lowest BCUT2D eigenvalue weighted by Crippen LogP contribution is -2.38. The van der Waals surface area contributed by atoms with Crippen LogP contribution in [-0.2, 0) is 6.18 Å². The highest BCUT2D eigenvalue weighted by Gasteiger charge is 2.33. The van der Waals surface area contributed by atoms with E-state index in [9.17, 15) is 13.2 Å². The van der Waals surface area contributed by atoms with Gasteiger partial charge in [-0.05, 0) is 36.5 Å². The van der Waals surface area contributed by atoms with Crippen LogP contribution in [0.15, 0.2) is 18.2 Å². The number of nitrogens with zero attached hydrogens (tertiary/aromatic N) is 2. The predicted molar refractivity (Wildman–Crippen MR) is 76.0 cm³/mol. The average molecular weight is 296 g/mol. The molecule has 1 aromatic rings. The van der Waals surface area contributed by atoms with Crippen molar-refractivity contribution in [1.29, 1.82) is 5.26 Å². The van der Waals surface area contributed by atoms with Gasteiger partial charge in [0.25, 0.3) is 0 Å². The molecule has 0 aromatic heterocycles. The maximum Gasteiger partial charge on any atom is 0.416 e. The number of benzene rings is 1. The summed E-state index contributed by atoms with van der Waals surface area (Å²) in [6, 6.07) is 5.33. The van der Waals surface area contributed by atoms with Crippen molar-refractivity contribution in [2.75, 3.05) is 18.0 Å². The third-order valence-corrected chi connectivity index (χ3v) is 4.61. The molecule has 0 aliphatic carbocycles. The molecular weight excluding hydrogens is 277 g/mol. The third-order valence-electron chi connectivity index (χ3n) is 4.61. The molecule has 0 bridgehead atoms. The van der Waals surface area contributed by atoms with Crippen LogP contribution < -0.4 is 4.90 Å². The summed E-state index contributed by atoms with van der Waals surface area (Å²) in [6.45, 7) is 5.96. The van der Waals surface area contributed by atoms with Gasteiger partial charge in [-0.3, -0.25) is 0 Å². The van der Waals surface area contributed by atoms with Crippen molar-refractivity contribution in [3.63, 3.8) is 0 Å². The molecule has 1 saturated heterocycles. The van der Waals surface area contributed by atoms with Crippen LogP contribution in [0, 0.1) is 16.7 Å². The van der Waals surface area contributed by atoms with Gasteiger partial charge in [0.1, 0.15) is 6.07 Å². The summed E-state index contributed by atoms with van der Waals surface area (Å²) in [4.78, 5) is 2.02. The molecule has 0 amide bonds. The maximum absolute atomic E-state index is 12.7. The van der Waals surface area contributed by atoms with Crippen LogP contribution in [0.25, 0.3) is 0 Å². The van der Waals surface area contributed by atoms with E-state index in [0.717, 1.165) is 44.5 Å². The van der Waals surface area contributed by atoms with E-state index in [1.165, 1.54) is 6.07 Å². The zero-order valence-electron chi connectivity index (χ0n) is 12.3. The van der Waals surface area contributed by atoms with Gasteiger partial charge in [0.15, 0.2) is 0 Å². The number of hydrogen-bond donors (Lipinski definition) is 0. The summed E-state index contributed by atoms with van der Waals surface area (Å²) in [7, 11) is 0. The zero-order chi connectivity index (χ0) is 15.7. The van der Waals surface area contributed by atoms with Gasteiger partial charge in [-0.25, -0.2) is 0 Å². The first-order chi connectivity index (χ1) is 9.79. The number of rotatable bonds is 2. The second-order valence-corrected chi connectivity index (χ2v) is 5.99. The van der Waals surface area contributed by atoms with Crippen molar-refractivity contribution in [3.05, 3.63) is 29.3 Å². The molecule has 5 heteroatoms. The first kappa shape index (κ1) is 15.7. The van der Waals surface area contributed by atoms with Crippen molar-refractivity contribution >= 4 is 5.69 Å². The number of nitriles is 1. The van der Waals surface area contributed by atoms with Crippen LogP contribution in [0.4, 0.5) is 18.9 Å². The predicted octanol–water partition coefficient (Wildman–Crippen LogP) is 4.59. The van der Waals surface area contributed by atoms with Gasteiger partial charge in [0.05, 0.1) is 16.8 Å². The standard InChI is InChI=1S/C16H19F3N2/c1-3-15(2)6-8-21(9-7-15)14-5-4-13(16(17,18)19)10-12(14)11-20/h4-5,10H,3,6-9H2,1-2H3. The first-order valence-electron chi connectivity index (χ1n) is 7.15. The highest BCUT2D eigenvalue weighted by atomic mass is 19.4. The first-order valence-corrected chi connectivity index (χ1v) is 7.15. The van der Waals surface area contributed by atoms with E-state index in [4.69, 9.17) is 5.26 Å². The summed E-state index contributed by atoms with van der Waals surface area (Å²) >= 11 is 0. The van der Waals surface area contributed by atoms with Crippen LogP contribution in [0.5, 0.6) is 0 Å². The number of halogens is 3. The molecule has 0 radical (unpaired) electrons. The Hall–Kier alpha value is -1.70. The van der Waals surface area contributed by atoms with E-state index < -0.39 is 11.7 Å². The Balaban J connectivity index is 2.24. The molecule has 1 heterocycles. The van der Waals surface area contributed by atoms with E-state index in [2.05, 4.69) is 13.8 Å². The van der Waals surface area contributed by atoms with E-state index in [1.807, 2.05) is 11.0 Å². The van der Waals surface area contributed by atoms with Crippen molar-refractivity contribution in [3.8, 4) is 6.07 Å². The summed E-state index contributed by atoms with van der Waals surface area (Å²) < 4.78 is 38.1.